The van der Waals surface area contributed by atoms with Gasteiger partial charge in [0.2, 0.25) is 5.39 Å². The number of hydrogen-bond donors (Lipinski definition) is 0. The molecule has 0 saturated heterocycles. The van der Waals surface area contributed by atoms with Crippen LogP contribution in [0.2, 0.25) is 0 Å². The molecule has 0 amide bonds. The van der Waals surface area contributed by atoms with E-state index >= 15 is 0 Å². The van der Waals surface area contributed by atoms with Gasteiger partial charge in [0.15, 0.2) is 4.98 Å². The maximum absolute atomic E-state index is 9.75. The van der Waals surface area contributed by atoms with Crippen molar-refractivity contribution in [3.05, 3.63) is 32.8 Å². The number of diazo groups is 1. The molecule has 14 heavy (non-hydrogen) atoms. The fourth-order valence-electron chi connectivity index (χ4n) is 0.508. The van der Waals surface area contributed by atoms with Gasteiger partial charge in [0.05, 0.1) is 0 Å². The molecular formula is C6H4BF4IN2. The van der Waals surface area contributed by atoms with Gasteiger partial charge in [-0.15, -0.1) is 0 Å². The van der Waals surface area contributed by atoms with E-state index in [1.54, 1.807) is 12.1 Å². The van der Waals surface area contributed by atoms with Crippen molar-refractivity contribution in [2.45, 2.75) is 0 Å². The summed E-state index contributed by atoms with van der Waals surface area (Å²) in [4.78, 5) is 3.01. The Morgan fingerprint density at radius 1 is 1.07 bits per heavy atom. The van der Waals surface area contributed by atoms with Crippen LogP contribution < -0.4 is 0 Å². The monoisotopic (exact) mass is 318 g/mol. The van der Waals surface area contributed by atoms with E-state index in [9.17, 15) is 17.3 Å². The summed E-state index contributed by atoms with van der Waals surface area (Å²) in [5.41, 5.74) is 0.593. The highest BCUT2D eigenvalue weighted by Crippen LogP contribution is 2.13. The summed E-state index contributed by atoms with van der Waals surface area (Å²) in [6.45, 7) is 0. The predicted molar refractivity (Wildman–Crippen MR) is 54.1 cm³/mol. The normalized spacial score (nSPS) is 9.71. The first-order valence-electron chi connectivity index (χ1n) is 3.31. The van der Waals surface area contributed by atoms with Crippen molar-refractivity contribution in [3.8, 4) is 0 Å². The van der Waals surface area contributed by atoms with Crippen LogP contribution in [-0.2, 0) is 0 Å². The quantitative estimate of drug-likeness (QED) is 0.307. The molecular weight excluding hydrogens is 314 g/mol. The summed E-state index contributed by atoms with van der Waals surface area (Å²) in [6.07, 6.45) is 0. The van der Waals surface area contributed by atoms with Crippen molar-refractivity contribution < 1.29 is 17.3 Å². The predicted octanol–water partition coefficient (Wildman–Crippen LogP) is 4.08. The second-order valence-electron chi connectivity index (χ2n) is 2.07. The second-order valence-corrected chi connectivity index (χ2v) is 3.32. The first-order chi connectivity index (χ1) is 6.33. The van der Waals surface area contributed by atoms with Gasteiger partial charge in [-0.1, -0.05) is 0 Å². The first-order valence-corrected chi connectivity index (χ1v) is 4.39. The molecule has 2 nitrogen and oxygen atoms in total. The van der Waals surface area contributed by atoms with Crippen molar-refractivity contribution in [2.75, 3.05) is 0 Å². The summed E-state index contributed by atoms with van der Waals surface area (Å²) in [7, 11) is -6.00. The number of nitrogens with zero attached hydrogens (tertiary/aromatic N) is 2. The van der Waals surface area contributed by atoms with Crippen LogP contribution in [0.3, 0.4) is 0 Å². The van der Waals surface area contributed by atoms with Crippen LogP contribution in [0, 0.1) is 8.96 Å². The lowest BCUT2D eigenvalue weighted by Crippen LogP contribution is -2.02. The van der Waals surface area contributed by atoms with Gasteiger partial charge in [0.25, 0.3) is 0 Å². The number of benzene rings is 1. The zero-order chi connectivity index (χ0) is 11.2. The molecule has 8 heteroatoms. The van der Waals surface area contributed by atoms with Gasteiger partial charge in [0.1, 0.15) is 0 Å². The first kappa shape index (κ1) is 13.2. The van der Waals surface area contributed by atoms with E-state index in [0.29, 0.717) is 5.69 Å². The Morgan fingerprint density at radius 2 is 1.43 bits per heavy atom. The van der Waals surface area contributed by atoms with Crippen LogP contribution >= 0.6 is 22.6 Å². The van der Waals surface area contributed by atoms with E-state index in [1.807, 2.05) is 12.1 Å². The molecule has 0 radical (unpaired) electrons. The minimum atomic E-state index is -6.00. The van der Waals surface area contributed by atoms with Gasteiger partial charge in [-0.05, 0) is 34.7 Å². The Bertz CT molecular complexity index is 312. The topological polar surface area (TPSA) is 28.1 Å². The third-order valence-corrected chi connectivity index (χ3v) is 1.66. The average molecular weight is 318 g/mol. The summed E-state index contributed by atoms with van der Waals surface area (Å²) >= 11 is 2.19. The standard InChI is InChI=1S/C6H4IN2.BF4/c7-5-1-3-6(9-8)4-2-5;2-1(3,4)5/h1-4H;/q+1;-1. The highest BCUT2D eigenvalue weighted by molar-refractivity contribution is 14.1. The van der Waals surface area contributed by atoms with Crippen molar-refractivity contribution in [2.24, 2.45) is 0 Å². The number of halogens is 5. The lowest BCUT2D eigenvalue weighted by Gasteiger charge is -1.94. The Balaban J connectivity index is 0.000000292. The number of hydrogen-bond acceptors (Lipinski definition) is 1. The Morgan fingerprint density at radius 3 is 1.71 bits per heavy atom. The van der Waals surface area contributed by atoms with Crippen LogP contribution in [0.15, 0.2) is 24.3 Å². The van der Waals surface area contributed by atoms with E-state index in [4.69, 9.17) is 5.39 Å². The summed E-state index contributed by atoms with van der Waals surface area (Å²) < 4.78 is 40.1. The van der Waals surface area contributed by atoms with Crippen molar-refractivity contribution in [1.82, 2.24) is 0 Å². The van der Waals surface area contributed by atoms with Crippen LogP contribution in [-0.4, -0.2) is 7.25 Å². The fourth-order valence-corrected chi connectivity index (χ4v) is 0.867. The lowest BCUT2D eigenvalue weighted by molar-refractivity contribution is 0.368. The SMILES string of the molecule is F[B-](F)(F)F.N#[N+]c1ccc(I)cc1. The Labute approximate surface area is 91.2 Å². The molecule has 0 aromatic heterocycles. The molecule has 0 unspecified atom stereocenters. The fraction of sp³-hybridized carbons (Fsp3) is 0. The molecule has 76 valence electrons. The molecule has 0 bridgehead atoms. The number of rotatable bonds is 0. The van der Waals surface area contributed by atoms with Crippen LogP contribution in [0.5, 0.6) is 0 Å². The molecule has 0 atom stereocenters. The molecule has 1 aromatic rings. The van der Waals surface area contributed by atoms with E-state index in [0.717, 1.165) is 3.57 Å². The minimum Gasteiger partial charge on any atom is -0.418 e. The highest BCUT2D eigenvalue weighted by atomic mass is 127. The van der Waals surface area contributed by atoms with Gasteiger partial charge < -0.3 is 17.3 Å². The van der Waals surface area contributed by atoms with Crippen molar-refractivity contribution >= 4 is 35.5 Å². The molecule has 0 spiro atoms. The largest absolute Gasteiger partial charge is 0.673 e. The third-order valence-electron chi connectivity index (χ3n) is 0.942. The molecule has 1 aromatic carbocycles. The Hall–Kier alpha value is -0.845. The zero-order valence-electron chi connectivity index (χ0n) is 6.67. The van der Waals surface area contributed by atoms with E-state index in [2.05, 4.69) is 27.6 Å². The van der Waals surface area contributed by atoms with Gasteiger partial charge in [0, 0.05) is 15.7 Å². The van der Waals surface area contributed by atoms with Crippen LogP contribution in [0.4, 0.5) is 23.0 Å². The molecule has 0 N–H and O–H groups in total. The molecule has 0 saturated carbocycles. The smallest absolute Gasteiger partial charge is 0.418 e. The van der Waals surface area contributed by atoms with E-state index < -0.39 is 7.25 Å². The third kappa shape index (κ3) is 9.24. The molecule has 1 rings (SSSR count). The van der Waals surface area contributed by atoms with Crippen LogP contribution in [0.25, 0.3) is 4.98 Å². The van der Waals surface area contributed by atoms with Gasteiger partial charge in [-0.3, -0.25) is 0 Å². The van der Waals surface area contributed by atoms with E-state index in [-0.39, 0.29) is 0 Å². The highest BCUT2D eigenvalue weighted by Gasteiger charge is 2.20. The maximum Gasteiger partial charge on any atom is 0.673 e. The van der Waals surface area contributed by atoms with Crippen molar-refractivity contribution in [1.29, 1.82) is 5.39 Å². The summed E-state index contributed by atoms with van der Waals surface area (Å²) in [5.74, 6) is 0. The molecule has 0 heterocycles. The summed E-state index contributed by atoms with van der Waals surface area (Å²) in [5, 5.41) is 8.25. The second kappa shape index (κ2) is 5.80. The minimum absolute atomic E-state index is 0.593. The molecule has 0 aliphatic rings. The van der Waals surface area contributed by atoms with E-state index in [1.165, 1.54) is 0 Å². The van der Waals surface area contributed by atoms with Crippen LogP contribution in [0.1, 0.15) is 0 Å². The zero-order valence-corrected chi connectivity index (χ0v) is 8.83. The average Bonchev–Trinajstić information content (AvgIpc) is 2.03. The lowest BCUT2D eigenvalue weighted by atomic mass is 10.3. The van der Waals surface area contributed by atoms with Gasteiger partial charge in [-0.25, -0.2) is 0 Å². The molecule has 0 aliphatic heterocycles. The van der Waals surface area contributed by atoms with Gasteiger partial charge >= 0.3 is 12.9 Å². The van der Waals surface area contributed by atoms with Crippen molar-refractivity contribution in [3.63, 3.8) is 0 Å². The molecule has 0 aliphatic carbocycles. The Kier molecular flexibility index (Phi) is 5.45. The molecule has 0 fully saturated rings. The van der Waals surface area contributed by atoms with Gasteiger partial charge in [-0.2, -0.15) is 0 Å². The summed E-state index contributed by atoms with van der Waals surface area (Å²) in [6, 6.07) is 7.27. The maximum atomic E-state index is 9.75.